The van der Waals surface area contributed by atoms with Crippen molar-refractivity contribution < 1.29 is 18.6 Å². The van der Waals surface area contributed by atoms with E-state index in [-0.39, 0.29) is 17.7 Å². The standard InChI is InChI=1S/C28H30FNO3/c1-31-24-11-12-25-27(18-24)33-19-26(21-5-4-6-22(29)17-21)28(25)20-7-9-23(10-8-20)32-16-15-30-13-2-3-14-30/h4-12,17-18,26,28H,2-3,13-16,19H2,1H3. The Morgan fingerprint density at radius 3 is 2.48 bits per heavy atom. The van der Waals surface area contributed by atoms with Crippen LogP contribution in [0.15, 0.2) is 66.7 Å². The van der Waals surface area contributed by atoms with Gasteiger partial charge >= 0.3 is 0 Å². The lowest BCUT2D eigenvalue weighted by atomic mass is 9.76. The van der Waals surface area contributed by atoms with Crippen molar-refractivity contribution in [3.8, 4) is 17.2 Å². The van der Waals surface area contributed by atoms with Crippen LogP contribution in [0.25, 0.3) is 0 Å². The van der Waals surface area contributed by atoms with Crippen molar-refractivity contribution in [1.29, 1.82) is 0 Å². The van der Waals surface area contributed by atoms with Gasteiger partial charge in [-0.05, 0) is 67.4 Å². The van der Waals surface area contributed by atoms with E-state index in [1.165, 1.54) is 32.0 Å². The van der Waals surface area contributed by atoms with Crippen LogP contribution < -0.4 is 14.2 Å². The molecule has 33 heavy (non-hydrogen) atoms. The molecule has 0 spiro atoms. The first-order chi connectivity index (χ1) is 16.2. The summed E-state index contributed by atoms with van der Waals surface area (Å²) in [6, 6.07) is 21.1. The van der Waals surface area contributed by atoms with Gasteiger partial charge in [0.05, 0.1) is 13.7 Å². The largest absolute Gasteiger partial charge is 0.497 e. The molecule has 0 radical (unpaired) electrons. The minimum Gasteiger partial charge on any atom is -0.497 e. The van der Waals surface area contributed by atoms with Crippen molar-refractivity contribution in [2.45, 2.75) is 24.7 Å². The number of fused-ring (bicyclic) bond motifs is 1. The van der Waals surface area contributed by atoms with Crippen LogP contribution in [-0.2, 0) is 0 Å². The summed E-state index contributed by atoms with van der Waals surface area (Å²) in [5, 5.41) is 0. The summed E-state index contributed by atoms with van der Waals surface area (Å²) in [6.07, 6.45) is 2.58. The van der Waals surface area contributed by atoms with Crippen LogP contribution in [0.1, 0.15) is 41.4 Å². The van der Waals surface area contributed by atoms with Crippen molar-refractivity contribution in [2.75, 3.05) is 40.0 Å². The molecule has 0 N–H and O–H groups in total. The first kappa shape index (κ1) is 21.8. The molecule has 2 aliphatic rings. The van der Waals surface area contributed by atoms with Gasteiger partial charge < -0.3 is 14.2 Å². The van der Waals surface area contributed by atoms with Gasteiger partial charge in [0.15, 0.2) is 0 Å². The van der Waals surface area contributed by atoms with Gasteiger partial charge in [-0.25, -0.2) is 4.39 Å². The lowest BCUT2D eigenvalue weighted by Gasteiger charge is -2.34. The highest BCUT2D eigenvalue weighted by Gasteiger charge is 2.34. The molecule has 172 valence electrons. The first-order valence-corrected chi connectivity index (χ1v) is 11.7. The molecule has 1 fully saturated rings. The normalized spacial score (nSPS) is 20.2. The SMILES string of the molecule is COc1ccc2c(c1)OCC(c1cccc(F)c1)C2c1ccc(OCCN2CCCC2)cc1. The maximum atomic E-state index is 14.1. The van der Waals surface area contributed by atoms with E-state index in [0.29, 0.717) is 13.2 Å². The molecule has 5 rings (SSSR count). The van der Waals surface area contributed by atoms with Crippen LogP contribution >= 0.6 is 0 Å². The third-order valence-corrected chi connectivity index (χ3v) is 6.77. The molecule has 1 saturated heterocycles. The highest BCUT2D eigenvalue weighted by Crippen LogP contribution is 2.47. The highest BCUT2D eigenvalue weighted by atomic mass is 19.1. The summed E-state index contributed by atoms with van der Waals surface area (Å²) in [7, 11) is 1.65. The zero-order valence-electron chi connectivity index (χ0n) is 19.0. The first-order valence-electron chi connectivity index (χ1n) is 11.7. The van der Waals surface area contributed by atoms with Crippen LogP contribution in [0, 0.1) is 5.82 Å². The van der Waals surface area contributed by atoms with Gasteiger partial charge in [-0.15, -0.1) is 0 Å². The van der Waals surface area contributed by atoms with E-state index in [2.05, 4.69) is 23.1 Å². The molecule has 2 atom stereocenters. The molecule has 4 nitrogen and oxygen atoms in total. The molecule has 2 unspecified atom stereocenters. The number of likely N-dealkylation sites (tertiary alicyclic amines) is 1. The number of nitrogens with zero attached hydrogens (tertiary/aromatic N) is 1. The van der Waals surface area contributed by atoms with Gasteiger partial charge in [0.1, 0.15) is 29.7 Å². The molecule has 3 aromatic rings. The zero-order chi connectivity index (χ0) is 22.6. The molecule has 2 heterocycles. The van der Waals surface area contributed by atoms with Gasteiger partial charge in [0, 0.05) is 30.0 Å². The summed E-state index contributed by atoms with van der Waals surface area (Å²) in [5.41, 5.74) is 3.18. The van der Waals surface area contributed by atoms with E-state index in [1.54, 1.807) is 19.2 Å². The smallest absolute Gasteiger partial charge is 0.126 e. The molecule has 0 amide bonds. The molecular weight excluding hydrogens is 417 g/mol. The number of ether oxygens (including phenoxy) is 3. The third kappa shape index (κ3) is 4.83. The third-order valence-electron chi connectivity index (χ3n) is 6.77. The monoisotopic (exact) mass is 447 g/mol. The van der Waals surface area contributed by atoms with Crippen LogP contribution in [0.4, 0.5) is 4.39 Å². The Kier molecular flexibility index (Phi) is 6.49. The summed E-state index contributed by atoms with van der Waals surface area (Å²) < 4.78 is 31.6. The Balaban J connectivity index is 1.41. The average Bonchev–Trinajstić information content (AvgIpc) is 3.37. The number of benzene rings is 3. The summed E-state index contributed by atoms with van der Waals surface area (Å²) in [4.78, 5) is 2.45. The topological polar surface area (TPSA) is 30.9 Å². The Bertz CT molecular complexity index is 1080. The van der Waals surface area contributed by atoms with E-state index in [0.717, 1.165) is 40.5 Å². The minimum atomic E-state index is -0.228. The number of rotatable bonds is 7. The summed E-state index contributed by atoms with van der Waals surface area (Å²) in [6.45, 7) is 4.50. The predicted octanol–water partition coefficient (Wildman–Crippen LogP) is 5.62. The van der Waals surface area contributed by atoms with Crippen molar-refractivity contribution in [1.82, 2.24) is 4.90 Å². The molecule has 0 saturated carbocycles. The second kappa shape index (κ2) is 9.84. The Morgan fingerprint density at radius 1 is 0.939 bits per heavy atom. The maximum Gasteiger partial charge on any atom is 0.126 e. The van der Waals surface area contributed by atoms with E-state index < -0.39 is 0 Å². The second-order valence-corrected chi connectivity index (χ2v) is 8.82. The summed E-state index contributed by atoms with van der Waals surface area (Å²) in [5.74, 6) is 2.27. The van der Waals surface area contributed by atoms with Gasteiger partial charge in [-0.3, -0.25) is 4.90 Å². The van der Waals surface area contributed by atoms with Gasteiger partial charge in [0.25, 0.3) is 0 Å². The van der Waals surface area contributed by atoms with E-state index >= 15 is 0 Å². The maximum absolute atomic E-state index is 14.1. The van der Waals surface area contributed by atoms with Gasteiger partial charge in [0.2, 0.25) is 0 Å². The van der Waals surface area contributed by atoms with Crippen molar-refractivity contribution in [3.63, 3.8) is 0 Å². The lowest BCUT2D eigenvalue weighted by Crippen LogP contribution is -2.25. The van der Waals surface area contributed by atoms with Crippen LogP contribution in [-0.4, -0.2) is 44.9 Å². The summed E-state index contributed by atoms with van der Waals surface area (Å²) >= 11 is 0. The Morgan fingerprint density at radius 2 is 1.73 bits per heavy atom. The van der Waals surface area contributed by atoms with Crippen molar-refractivity contribution in [3.05, 3.63) is 89.2 Å². The van der Waals surface area contributed by atoms with Crippen LogP contribution in [0.5, 0.6) is 17.2 Å². The number of halogens is 1. The molecule has 2 aliphatic heterocycles. The van der Waals surface area contributed by atoms with E-state index in [1.807, 2.05) is 30.3 Å². The van der Waals surface area contributed by atoms with Crippen LogP contribution in [0.2, 0.25) is 0 Å². The van der Waals surface area contributed by atoms with Gasteiger partial charge in [-0.2, -0.15) is 0 Å². The highest BCUT2D eigenvalue weighted by molar-refractivity contribution is 5.51. The number of hydrogen-bond acceptors (Lipinski definition) is 4. The number of methoxy groups -OCH3 is 1. The van der Waals surface area contributed by atoms with Crippen LogP contribution in [0.3, 0.4) is 0 Å². The minimum absolute atomic E-state index is 0.00327. The predicted molar refractivity (Wildman–Crippen MR) is 127 cm³/mol. The second-order valence-electron chi connectivity index (χ2n) is 8.82. The zero-order valence-corrected chi connectivity index (χ0v) is 19.0. The molecule has 0 aliphatic carbocycles. The van der Waals surface area contributed by atoms with Crippen molar-refractivity contribution >= 4 is 0 Å². The van der Waals surface area contributed by atoms with Gasteiger partial charge in [-0.1, -0.05) is 30.3 Å². The fraction of sp³-hybridized carbons (Fsp3) is 0.357. The Hall–Kier alpha value is -3.05. The number of hydrogen-bond donors (Lipinski definition) is 0. The lowest BCUT2D eigenvalue weighted by molar-refractivity contribution is 0.237. The molecule has 5 heteroatoms. The quantitative estimate of drug-likeness (QED) is 0.471. The average molecular weight is 448 g/mol. The van der Waals surface area contributed by atoms with E-state index in [9.17, 15) is 4.39 Å². The van der Waals surface area contributed by atoms with Crippen molar-refractivity contribution in [2.24, 2.45) is 0 Å². The fourth-order valence-corrected chi connectivity index (χ4v) is 5.02. The molecular formula is C28H30FNO3. The van der Waals surface area contributed by atoms with E-state index in [4.69, 9.17) is 14.2 Å². The molecule has 0 aromatic heterocycles. The molecule has 3 aromatic carbocycles. The Labute approximate surface area is 194 Å². The fourth-order valence-electron chi connectivity index (χ4n) is 5.02. The molecule has 0 bridgehead atoms.